The topological polar surface area (TPSA) is 38.3 Å². The Morgan fingerprint density at radius 3 is 2.33 bits per heavy atom. The molecule has 0 aromatic rings. The zero-order valence-electron chi connectivity index (χ0n) is 15.6. The highest BCUT2D eigenvalue weighted by atomic mass is 16.5. The fourth-order valence-corrected chi connectivity index (χ4v) is 4.28. The Morgan fingerprint density at radius 1 is 1.04 bits per heavy atom. The molecule has 1 amide bonds. The van der Waals surface area contributed by atoms with E-state index in [9.17, 15) is 4.79 Å². The van der Waals surface area contributed by atoms with Crippen LogP contribution in [0.4, 0.5) is 0 Å². The summed E-state index contributed by atoms with van der Waals surface area (Å²) < 4.78 is 6.23. The van der Waals surface area contributed by atoms with E-state index in [-0.39, 0.29) is 5.91 Å². The van der Waals surface area contributed by atoms with E-state index in [1.807, 2.05) is 0 Å². The maximum Gasteiger partial charge on any atom is 0.243 e. The van der Waals surface area contributed by atoms with E-state index < -0.39 is 0 Å². The van der Waals surface area contributed by atoms with Crippen molar-refractivity contribution in [3.8, 4) is 0 Å². The maximum atomic E-state index is 11.3. The first kappa shape index (κ1) is 19.5. The van der Waals surface area contributed by atoms with Gasteiger partial charge < -0.3 is 10.1 Å². The van der Waals surface area contributed by atoms with E-state index in [0.717, 1.165) is 25.4 Å². The van der Waals surface area contributed by atoms with Crippen molar-refractivity contribution in [1.82, 2.24) is 5.32 Å². The van der Waals surface area contributed by atoms with Crippen LogP contribution in [0.25, 0.3) is 0 Å². The Kier molecular flexibility index (Phi) is 8.87. The molecule has 3 heteroatoms. The predicted molar refractivity (Wildman–Crippen MR) is 99.9 cm³/mol. The highest BCUT2D eigenvalue weighted by molar-refractivity contribution is 5.87. The van der Waals surface area contributed by atoms with E-state index in [2.05, 4.69) is 18.8 Å². The lowest BCUT2D eigenvalue weighted by Crippen LogP contribution is -2.37. The summed E-state index contributed by atoms with van der Waals surface area (Å²) >= 11 is 0. The zero-order chi connectivity index (χ0) is 17.2. The summed E-state index contributed by atoms with van der Waals surface area (Å²) in [6.07, 6.45) is 17.2. The molecule has 0 heterocycles. The Labute approximate surface area is 148 Å². The van der Waals surface area contributed by atoms with Crippen molar-refractivity contribution < 1.29 is 9.53 Å². The molecule has 0 aromatic carbocycles. The van der Waals surface area contributed by atoms with Crippen LogP contribution in [0, 0.1) is 11.8 Å². The Hall–Kier alpha value is -0.830. The third-order valence-electron chi connectivity index (χ3n) is 5.96. The second-order valence-corrected chi connectivity index (χ2v) is 7.90. The van der Waals surface area contributed by atoms with Gasteiger partial charge in [0.2, 0.25) is 5.91 Å². The van der Waals surface area contributed by atoms with Crippen LogP contribution in [0.3, 0.4) is 0 Å². The van der Waals surface area contributed by atoms with Gasteiger partial charge in [0.15, 0.2) is 0 Å². The smallest absolute Gasteiger partial charge is 0.243 e. The van der Waals surface area contributed by atoms with Gasteiger partial charge in [0.1, 0.15) is 0 Å². The first-order valence-corrected chi connectivity index (χ1v) is 10.3. The van der Waals surface area contributed by atoms with Crippen LogP contribution in [0.5, 0.6) is 0 Å². The molecule has 0 spiro atoms. The monoisotopic (exact) mass is 335 g/mol. The molecule has 0 bridgehead atoms. The Morgan fingerprint density at radius 2 is 1.71 bits per heavy atom. The molecule has 138 valence electrons. The van der Waals surface area contributed by atoms with Crippen LogP contribution >= 0.6 is 0 Å². The maximum absolute atomic E-state index is 11.3. The molecule has 0 saturated heterocycles. The van der Waals surface area contributed by atoms with Crippen molar-refractivity contribution in [1.29, 1.82) is 0 Å². The average molecular weight is 336 g/mol. The zero-order valence-corrected chi connectivity index (χ0v) is 15.6. The van der Waals surface area contributed by atoms with Gasteiger partial charge in [-0.2, -0.15) is 0 Å². The molecule has 3 nitrogen and oxygen atoms in total. The van der Waals surface area contributed by atoms with Gasteiger partial charge >= 0.3 is 0 Å². The van der Waals surface area contributed by atoms with Crippen LogP contribution in [0.2, 0.25) is 0 Å². The molecule has 2 aliphatic carbocycles. The third-order valence-corrected chi connectivity index (χ3v) is 5.96. The first-order valence-electron chi connectivity index (χ1n) is 10.3. The van der Waals surface area contributed by atoms with Gasteiger partial charge in [-0.25, -0.2) is 0 Å². The summed E-state index contributed by atoms with van der Waals surface area (Å²) in [5, 5.41) is 3.02. The number of nitrogens with one attached hydrogen (secondary N) is 1. The highest BCUT2D eigenvalue weighted by Gasteiger charge is 2.25. The van der Waals surface area contributed by atoms with Crippen LogP contribution < -0.4 is 5.32 Å². The number of hydrogen-bond acceptors (Lipinski definition) is 2. The first-order chi connectivity index (χ1) is 11.7. The molecule has 24 heavy (non-hydrogen) atoms. The minimum atomic E-state index is -0.0367. The molecule has 2 fully saturated rings. The van der Waals surface area contributed by atoms with E-state index in [1.54, 1.807) is 0 Å². The van der Waals surface area contributed by atoms with Gasteiger partial charge in [0.05, 0.1) is 6.10 Å². The SMILES string of the molecule is C=CC(=O)NC1CCC(COC2CCC(CCCCC)CC2)CC1. The van der Waals surface area contributed by atoms with Gasteiger partial charge in [0.25, 0.3) is 0 Å². The van der Waals surface area contributed by atoms with Crippen LogP contribution in [-0.2, 0) is 9.53 Å². The fraction of sp³-hybridized carbons (Fsp3) is 0.857. The van der Waals surface area contributed by atoms with E-state index >= 15 is 0 Å². The lowest BCUT2D eigenvalue weighted by molar-refractivity contribution is -0.117. The van der Waals surface area contributed by atoms with Crippen molar-refractivity contribution in [2.24, 2.45) is 11.8 Å². The third kappa shape index (κ3) is 6.96. The van der Waals surface area contributed by atoms with Crippen molar-refractivity contribution in [2.45, 2.75) is 96.1 Å². The van der Waals surface area contributed by atoms with Crippen molar-refractivity contribution in [2.75, 3.05) is 6.61 Å². The molecular formula is C21H37NO2. The highest BCUT2D eigenvalue weighted by Crippen LogP contribution is 2.31. The summed E-state index contributed by atoms with van der Waals surface area (Å²) in [5.74, 6) is 1.61. The van der Waals surface area contributed by atoms with E-state index in [1.165, 1.54) is 70.3 Å². The van der Waals surface area contributed by atoms with E-state index in [0.29, 0.717) is 18.1 Å². The molecule has 2 rings (SSSR count). The molecule has 0 atom stereocenters. The quantitative estimate of drug-likeness (QED) is 0.475. The van der Waals surface area contributed by atoms with Crippen molar-refractivity contribution >= 4 is 5.91 Å². The number of ether oxygens (including phenoxy) is 1. The van der Waals surface area contributed by atoms with Gasteiger partial charge in [-0.1, -0.05) is 39.2 Å². The largest absolute Gasteiger partial charge is 0.378 e. The van der Waals surface area contributed by atoms with Crippen LogP contribution in [0.1, 0.15) is 84.0 Å². The second kappa shape index (κ2) is 10.9. The fourth-order valence-electron chi connectivity index (χ4n) is 4.28. The Bertz CT molecular complexity index is 366. The second-order valence-electron chi connectivity index (χ2n) is 7.90. The molecule has 0 aromatic heterocycles. The molecule has 0 unspecified atom stereocenters. The van der Waals surface area contributed by atoms with Gasteiger partial charge in [0, 0.05) is 12.6 Å². The van der Waals surface area contributed by atoms with Gasteiger partial charge in [-0.3, -0.25) is 4.79 Å². The minimum Gasteiger partial charge on any atom is -0.378 e. The summed E-state index contributed by atoms with van der Waals surface area (Å²) in [4.78, 5) is 11.3. The average Bonchev–Trinajstić information content (AvgIpc) is 2.62. The number of amides is 1. The standard InChI is InChI=1S/C21H37NO2/c1-3-5-6-7-17-10-14-20(15-11-17)24-16-18-8-12-19(13-9-18)22-21(23)4-2/h4,17-20H,2-3,5-16H2,1H3,(H,22,23). The molecule has 2 saturated carbocycles. The summed E-state index contributed by atoms with van der Waals surface area (Å²) in [6, 6.07) is 0.338. The summed E-state index contributed by atoms with van der Waals surface area (Å²) in [5.41, 5.74) is 0. The molecule has 2 aliphatic rings. The molecule has 0 radical (unpaired) electrons. The van der Waals surface area contributed by atoms with Gasteiger partial charge in [-0.15, -0.1) is 0 Å². The van der Waals surface area contributed by atoms with Crippen molar-refractivity contribution in [3.63, 3.8) is 0 Å². The van der Waals surface area contributed by atoms with Crippen LogP contribution in [-0.4, -0.2) is 24.7 Å². The number of carbonyl (C=O) groups is 1. The van der Waals surface area contributed by atoms with Crippen LogP contribution in [0.15, 0.2) is 12.7 Å². The minimum absolute atomic E-state index is 0.0367. The number of unbranched alkanes of at least 4 members (excludes halogenated alkanes) is 2. The normalized spacial score (nSPS) is 30.7. The Balaban J connectivity index is 1.54. The number of carbonyl (C=O) groups excluding carboxylic acids is 1. The lowest BCUT2D eigenvalue weighted by Gasteiger charge is -2.32. The molecule has 1 N–H and O–H groups in total. The van der Waals surface area contributed by atoms with Crippen molar-refractivity contribution in [3.05, 3.63) is 12.7 Å². The van der Waals surface area contributed by atoms with E-state index in [4.69, 9.17) is 4.74 Å². The number of hydrogen-bond donors (Lipinski definition) is 1. The summed E-state index contributed by atoms with van der Waals surface area (Å²) in [6.45, 7) is 6.72. The number of rotatable bonds is 9. The summed E-state index contributed by atoms with van der Waals surface area (Å²) in [7, 11) is 0. The predicted octanol–water partition coefficient (Wildman–Crippen LogP) is 5.00. The molecule has 0 aliphatic heterocycles. The van der Waals surface area contributed by atoms with Gasteiger partial charge in [-0.05, 0) is 69.3 Å². The molecular weight excluding hydrogens is 298 g/mol. The lowest BCUT2D eigenvalue weighted by atomic mass is 9.83.